The quantitative estimate of drug-likeness (QED) is 0.305. The fraction of sp³-hybridized carbons (Fsp3) is 0.500. The highest BCUT2D eigenvalue weighted by Gasteiger charge is 2.23. The van der Waals surface area contributed by atoms with Gasteiger partial charge in [0.15, 0.2) is 5.84 Å². The van der Waals surface area contributed by atoms with Gasteiger partial charge in [0.05, 0.1) is 6.61 Å². The molecule has 1 rings (SSSR count). The normalized spacial score (nSPS) is 13.1. The average Bonchev–Trinajstić information content (AvgIpc) is 2.38. The molecule has 0 aliphatic rings. The molecular formula is C12H20N4O2. The number of nitrogens with two attached hydrogens (primary N) is 1. The Morgan fingerprint density at radius 3 is 2.78 bits per heavy atom. The van der Waals surface area contributed by atoms with Crippen molar-refractivity contribution in [2.24, 2.45) is 10.9 Å². The topological polar surface area (TPSA) is 95.0 Å². The first-order chi connectivity index (χ1) is 8.42. The van der Waals surface area contributed by atoms with Crippen LogP contribution in [-0.4, -0.2) is 45.2 Å². The number of oxime groups is 1. The maximum Gasteiger partial charge on any atom is 0.189 e. The van der Waals surface area contributed by atoms with E-state index in [1.807, 2.05) is 31.9 Å². The Balaban J connectivity index is 2.98. The van der Waals surface area contributed by atoms with Gasteiger partial charge in [0.2, 0.25) is 0 Å². The van der Waals surface area contributed by atoms with Crippen LogP contribution in [0.5, 0.6) is 0 Å². The monoisotopic (exact) mass is 252 g/mol. The molecule has 4 N–H and O–H groups in total. The molecule has 0 amide bonds. The van der Waals surface area contributed by atoms with Gasteiger partial charge in [0.1, 0.15) is 5.69 Å². The van der Waals surface area contributed by atoms with Gasteiger partial charge < -0.3 is 16.0 Å². The molecule has 0 atom stereocenters. The lowest BCUT2D eigenvalue weighted by molar-refractivity contribution is 0.0733. The fourth-order valence-electron chi connectivity index (χ4n) is 1.43. The van der Waals surface area contributed by atoms with E-state index in [1.54, 1.807) is 12.3 Å². The van der Waals surface area contributed by atoms with Crippen LogP contribution in [0.15, 0.2) is 23.5 Å². The molecule has 0 unspecified atom stereocenters. The Morgan fingerprint density at radius 1 is 1.56 bits per heavy atom. The maximum absolute atomic E-state index is 9.32. The number of aromatic nitrogens is 1. The molecule has 1 aromatic heterocycles. The van der Waals surface area contributed by atoms with E-state index in [9.17, 15) is 5.11 Å². The van der Waals surface area contributed by atoms with Gasteiger partial charge >= 0.3 is 0 Å². The summed E-state index contributed by atoms with van der Waals surface area (Å²) in [6.45, 7) is 4.47. The van der Waals surface area contributed by atoms with Gasteiger partial charge in [-0.15, -0.1) is 0 Å². The van der Waals surface area contributed by atoms with Crippen molar-refractivity contribution in [3.8, 4) is 0 Å². The van der Waals surface area contributed by atoms with E-state index in [-0.39, 0.29) is 18.0 Å². The Labute approximate surface area is 107 Å². The van der Waals surface area contributed by atoms with E-state index in [0.29, 0.717) is 12.2 Å². The molecular weight excluding hydrogens is 232 g/mol. The van der Waals surface area contributed by atoms with Crippen molar-refractivity contribution in [1.29, 1.82) is 0 Å². The summed E-state index contributed by atoms with van der Waals surface area (Å²) in [6.07, 6.45) is 1.59. The zero-order chi connectivity index (χ0) is 13.8. The van der Waals surface area contributed by atoms with Crippen molar-refractivity contribution in [1.82, 2.24) is 9.88 Å². The summed E-state index contributed by atoms with van der Waals surface area (Å²) in [4.78, 5) is 6.09. The molecule has 0 aliphatic carbocycles. The number of amidine groups is 1. The second kappa shape index (κ2) is 5.79. The molecule has 18 heavy (non-hydrogen) atoms. The minimum atomic E-state index is -0.349. The highest BCUT2D eigenvalue weighted by molar-refractivity contribution is 5.96. The lowest BCUT2D eigenvalue weighted by Gasteiger charge is -2.34. The molecule has 0 fully saturated rings. The van der Waals surface area contributed by atoms with Crippen LogP contribution < -0.4 is 5.73 Å². The van der Waals surface area contributed by atoms with Crippen LogP contribution >= 0.6 is 0 Å². The van der Waals surface area contributed by atoms with Gasteiger partial charge in [-0.2, -0.15) is 0 Å². The summed E-state index contributed by atoms with van der Waals surface area (Å²) < 4.78 is 0. The van der Waals surface area contributed by atoms with Crippen LogP contribution in [-0.2, 0) is 6.54 Å². The largest absolute Gasteiger partial charge is 0.409 e. The van der Waals surface area contributed by atoms with E-state index in [2.05, 4.69) is 10.1 Å². The first kappa shape index (κ1) is 14.4. The Hall–Kier alpha value is -1.66. The minimum absolute atomic E-state index is 0.0131. The van der Waals surface area contributed by atoms with Crippen LogP contribution in [0.3, 0.4) is 0 Å². The van der Waals surface area contributed by atoms with E-state index in [4.69, 9.17) is 10.9 Å². The number of rotatable bonds is 5. The standard InChI is InChI=1S/C12H20N4O2/c1-12(2,8-17)16(3)7-9-5-4-6-14-10(9)11(13)15-18/h4-6,17-18H,7-8H2,1-3H3,(H2,13,15). The first-order valence-electron chi connectivity index (χ1n) is 5.66. The zero-order valence-corrected chi connectivity index (χ0v) is 11.0. The van der Waals surface area contributed by atoms with Gasteiger partial charge in [-0.25, -0.2) is 0 Å². The van der Waals surface area contributed by atoms with Crippen molar-refractivity contribution >= 4 is 5.84 Å². The van der Waals surface area contributed by atoms with Crippen molar-refractivity contribution in [3.05, 3.63) is 29.6 Å². The average molecular weight is 252 g/mol. The third kappa shape index (κ3) is 3.18. The number of pyridine rings is 1. The van der Waals surface area contributed by atoms with E-state index in [1.165, 1.54) is 0 Å². The van der Waals surface area contributed by atoms with Crippen molar-refractivity contribution in [2.75, 3.05) is 13.7 Å². The molecule has 1 heterocycles. The number of hydrogen-bond acceptors (Lipinski definition) is 5. The zero-order valence-electron chi connectivity index (χ0n) is 11.0. The van der Waals surface area contributed by atoms with Gasteiger partial charge in [0.25, 0.3) is 0 Å². The second-order valence-electron chi connectivity index (χ2n) is 4.82. The van der Waals surface area contributed by atoms with E-state index in [0.717, 1.165) is 5.56 Å². The number of hydrogen-bond donors (Lipinski definition) is 3. The first-order valence-corrected chi connectivity index (χ1v) is 5.66. The SMILES string of the molecule is CN(Cc1cccnc1/C(N)=N/O)C(C)(C)CO. The molecule has 0 saturated carbocycles. The molecule has 0 radical (unpaired) electrons. The van der Waals surface area contributed by atoms with Crippen LogP contribution in [0.25, 0.3) is 0 Å². The molecule has 0 bridgehead atoms. The second-order valence-corrected chi connectivity index (χ2v) is 4.82. The van der Waals surface area contributed by atoms with Crippen LogP contribution in [0.2, 0.25) is 0 Å². The lowest BCUT2D eigenvalue weighted by Crippen LogP contribution is -2.44. The van der Waals surface area contributed by atoms with Crippen LogP contribution in [0, 0.1) is 0 Å². The van der Waals surface area contributed by atoms with E-state index < -0.39 is 0 Å². The molecule has 1 aromatic rings. The maximum atomic E-state index is 9.32. The molecule has 100 valence electrons. The summed E-state index contributed by atoms with van der Waals surface area (Å²) >= 11 is 0. The lowest BCUT2D eigenvalue weighted by atomic mass is 10.0. The predicted molar refractivity (Wildman–Crippen MR) is 69.4 cm³/mol. The van der Waals surface area contributed by atoms with Gasteiger partial charge in [0, 0.05) is 18.3 Å². The van der Waals surface area contributed by atoms with Gasteiger partial charge in [-0.1, -0.05) is 11.2 Å². The number of aliphatic hydroxyl groups is 1. The van der Waals surface area contributed by atoms with Gasteiger partial charge in [-0.3, -0.25) is 9.88 Å². The smallest absolute Gasteiger partial charge is 0.189 e. The Morgan fingerprint density at radius 2 is 2.22 bits per heavy atom. The molecule has 0 aromatic carbocycles. The van der Waals surface area contributed by atoms with Crippen LogP contribution in [0.1, 0.15) is 25.1 Å². The number of aliphatic hydroxyl groups excluding tert-OH is 1. The van der Waals surface area contributed by atoms with Crippen molar-refractivity contribution < 1.29 is 10.3 Å². The molecule has 6 nitrogen and oxygen atoms in total. The summed E-state index contributed by atoms with van der Waals surface area (Å²) in [6, 6.07) is 3.66. The number of likely N-dealkylation sites (N-methyl/N-ethyl adjacent to an activating group) is 1. The Bertz CT molecular complexity index is 432. The Kier molecular flexibility index (Phi) is 4.63. The minimum Gasteiger partial charge on any atom is -0.409 e. The third-order valence-electron chi connectivity index (χ3n) is 3.07. The third-order valence-corrected chi connectivity index (χ3v) is 3.07. The fourth-order valence-corrected chi connectivity index (χ4v) is 1.43. The summed E-state index contributed by atoms with van der Waals surface area (Å²) in [5.41, 5.74) is 6.54. The number of nitrogens with zero attached hydrogens (tertiary/aromatic N) is 3. The van der Waals surface area contributed by atoms with Crippen molar-refractivity contribution in [2.45, 2.75) is 25.9 Å². The highest BCUT2D eigenvalue weighted by Crippen LogP contribution is 2.16. The van der Waals surface area contributed by atoms with Crippen LogP contribution in [0.4, 0.5) is 0 Å². The molecule has 6 heteroatoms. The summed E-state index contributed by atoms with van der Waals surface area (Å²) in [7, 11) is 1.90. The van der Waals surface area contributed by atoms with E-state index >= 15 is 0 Å². The molecule has 0 spiro atoms. The molecule has 0 saturated heterocycles. The van der Waals surface area contributed by atoms with Crippen molar-refractivity contribution in [3.63, 3.8) is 0 Å². The predicted octanol–water partition coefficient (Wildman–Crippen LogP) is 0.379. The summed E-state index contributed by atoms with van der Waals surface area (Å²) in [5, 5.41) is 21.0. The highest BCUT2D eigenvalue weighted by atomic mass is 16.4. The molecule has 0 aliphatic heterocycles. The van der Waals surface area contributed by atoms with Gasteiger partial charge in [-0.05, 0) is 32.5 Å². The summed E-state index contributed by atoms with van der Waals surface area (Å²) in [5.74, 6) is -0.0131.